The van der Waals surface area contributed by atoms with Gasteiger partial charge in [-0.1, -0.05) is 41.4 Å². The summed E-state index contributed by atoms with van der Waals surface area (Å²) in [6.45, 7) is 0.253. The average Bonchev–Trinajstić information content (AvgIpc) is 2.75. The molecule has 0 bridgehead atoms. The summed E-state index contributed by atoms with van der Waals surface area (Å²) >= 11 is 12.0. The maximum atomic E-state index is 12.2. The highest BCUT2D eigenvalue weighted by atomic mass is 35.5. The monoisotopic (exact) mass is 335 g/mol. The van der Waals surface area contributed by atoms with Gasteiger partial charge in [0.25, 0.3) is 11.8 Å². The first-order valence-electron chi connectivity index (χ1n) is 6.61. The van der Waals surface area contributed by atoms with E-state index in [2.05, 4.69) is 0 Å². The number of rotatable bonds is 4. The van der Waals surface area contributed by atoms with E-state index in [1.165, 1.54) is 0 Å². The van der Waals surface area contributed by atoms with E-state index in [0.29, 0.717) is 26.9 Å². The molecule has 2 amide bonds. The molecule has 0 saturated carbocycles. The Hall–Kier alpha value is -2.04. The van der Waals surface area contributed by atoms with Crippen molar-refractivity contribution in [1.82, 2.24) is 4.90 Å². The first-order valence-corrected chi connectivity index (χ1v) is 7.37. The molecule has 0 aliphatic carbocycles. The van der Waals surface area contributed by atoms with Gasteiger partial charge in [-0.15, -0.1) is 0 Å². The molecule has 2 aromatic rings. The molecule has 4 nitrogen and oxygen atoms in total. The highest BCUT2D eigenvalue weighted by Gasteiger charge is 2.34. The van der Waals surface area contributed by atoms with E-state index in [-0.39, 0.29) is 25.0 Å². The number of benzene rings is 2. The minimum atomic E-state index is -0.311. The minimum absolute atomic E-state index is 0.120. The second-order valence-corrected chi connectivity index (χ2v) is 5.52. The van der Waals surface area contributed by atoms with Crippen LogP contribution >= 0.6 is 23.2 Å². The van der Waals surface area contributed by atoms with Crippen LogP contribution in [-0.2, 0) is 0 Å². The molecule has 2 aromatic carbocycles. The van der Waals surface area contributed by atoms with Crippen LogP contribution in [-0.4, -0.2) is 29.9 Å². The van der Waals surface area contributed by atoms with Gasteiger partial charge < -0.3 is 4.74 Å². The molecule has 0 atom stereocenters. The van der Waals surface area contributed by atoms with Crippen molar-refractivity contribution in [3.8, 4) is 5.75 Å². The summed E-state index contributed by atoms with van der Waals surface area (Å²) < 4.78 is 5.51. The van der Waals surface area contributed by atoms with Crippen molar-refractivity contribution in [3.63, 3.8) is 0 Å². The van der Waals surface area contributed by atoms with Crippen LogP contribution in [0.15, 0.2) is 42.5 Å². The Balaban J connectivity index is 1.69. The number of carbonyl (C=O) groups is 2. The van der Waals surface area contributed by atoms with Gasteiger partial charge in [0, 0.05) is 0 Å². The van der Waals surface area contributed by atoms with Crippen molar-refractivity contribution in [2.75, 3.05) is 13.2 Å². The first-order chi connectivity index (χ1) is 10.6. The zero-order valence-corrected chi connectivity index (χ0v) is 12.9. The number of nitrogens with zero attached hydrogens (tertiary/aromatic N) is 1. The smallest absolute Gasteiger partial charge is 0.261 e. The second kappa shape index (κ2) is 5.99. The van der Waals surface area contributed by atoms with Crippen molar-refractivity contribution < 1.29 is 14.3 Å². The fraction of sp³-hybridized carbons (Fsp3) is 0.125. The van der Waals surface area contributed by atoms with Gasteiger partial charge in [0.15, 0.2) is 5.75 Å². The molecule has 0 N–H and O–H groups in total. The summed E-state index contributed by atoms with van der Waals surface area (Å²) in [7, 11) is 0. The lowest BCUT2D eigenvalue weighted by molar-refractivity contribution is 0.0631. The molecule has 0 radical (unpaired) electrons. The molecule has 0 fully saturated rings. The minimum Gasteiger partial charge on any atom is -0.489 e. The third-order valence-electron chi connectivity index (χ3n) is 3.36. The molecule has 0 saturated heterocycles. The zero-order valence-electron chi connectivity index (χ0n) is 11.4. The summed E-state index contributed by atoms with van der Waals surface area (Å²) in [4.78, 5) is 25.5. The number of amides is 2. The lowest BCUT2D eigenvalue weighted by Crippen LogP contribution is -2.33. The number of fused-ring (bicyclic) bond motifs is 1. The maximum Gasteiger partial charge on any atom is 0.261 e. The van der Waals surface area contributed by atoms with Crippen molar-refractivity contribution >= 4 is 35.0 Å². The number of halogens is 2. The van der Waals surface area contributed by atoms with Crippen LogP contribution in [0.4, 0.5) is 0 Å². The second-order valence-electron chi connectivity index (χ2n) is 4.71. The van der Waals surface area contributed by atoms with Gasteiger partial charge in [0.1, 0.15) is 6.61 Å². The van der Waals surface area contributed by atoms with Crippen LogP contribution in [0.1, 0.15) is 20.7 Å². The molecule has 0 unspecified atom stereocenters. The molecule has 6 heteroatoms. The average molecular weight is 336 g/mol. The number of carbonyl (C=O) groups excluding carboxylic acids is 2. The fourth-order valence-electron chi connectivity index (χ4n) is 2.30. The van der Waals surface area contributed by atoms with Crippen molar-refractivity contribution in [2.24, 2.45) is 0 Å². The predicted molar refractivity (Wildman–Crippen MR) is 83.8 cm³/mol. The number of ether oxygens (including phenoxy) is 1. The Morgan fingerprint density at radius 1 is 0.864 bits per heavy atom. The molecule has 112 valence electrons. The molecule has 1 heterocycles. The van der Waals surface area contributed by atoms with Gasteiger partial charge in [-0.05, 0) is 24.3 Å². The normalized spacial score (nSPS) is 13.5. The van der Waals surface area contributed by atoms with E-state index in [9.17, 15) is 9.59 Å². The van der Waals surface area contributed by atoms with Crippen molar-refractivity contribution in [3.05, 3.63) is 63.6 Å². The lowest BCUT2D eigenvalue weighted by Gasteiger charge is -2.15. The van der Waals surface area contributed by atoms with E-state index in [4.69, 9.17) is 27.9 Å². The van der Waals surface area contributed by atoms with E-state index < -0.39 is 0 Å². The van der Waals surface area contributed by atoms with Gasteiger partial charge in [-0.2, -0.15) is 0 Å². The summed E-state index contributed by atoms with van der Waals surface area (Å²) in [6, 6.07) is 11.8. The van der Waals surface area contributed by atoms with Crippen LogP contribution in [0.2, 0.25) is 10.0 Å². The summed E-state index contributed by atoms with van der Waals surface area (Å²) in [5.41, 5.74) is 0.839. The summed E-state index contributed by atoms with van der Waals surface area (Å²) in [6.07, 6.45) is 0. The third-order valence-corrected chi connectivity index (χ3v) is 3.95. The van der Waals surface area contributed by atoms with E-state index in [0.717, 1.165) is 4.90 Å². The molecule has 1 aliphatic heterocycles. The highest BCUT2D eigenvalue weighted by molar-refractivity contribution is 6.37. The molecule has 0 spiro atoms. The first kappa shape index (κ1) is 14.9. The molecular weight excluding hydrogens is 325 g/mol. The summed E-state index contributed by atoms with van der Waals surface area (Å²) in [5.74, 6) is -0.272. The maximum absolute atomic E-state index is 12.2. The zero-order chi connectivity index (χ0) is 15.7. The van der Waals surface area contributed by atoms with Crippen LogP contribution in [0, 0.1) is 0 Å². The Bertz CT molecular complexity index is 706. The number of hydrogen-bond acceptors (Lipinski definition) is 3. The SMILES string of the molecule is O=C1c2ccccc2C(=O)N1CCOc1c(Cl)cccc1Cl. The van der Waals surface area contributed by atoms with Gasteiger partial charge >= 0.3 is 0 Å². The highest BCUT2D eigenvalue weighted by Crippen LogP contribution is 2.32. The Morgan fingerprint density at radius 3 is 1.95 bits per heavy atom. The molecule has 22 heavy (non-hydrogen) atoms. The van der Waals surface area contributed by atoms with E-state index in [1.807, 2.05) is 0 Å². The molecule has 1 aliphatic rings. The van der Waals surface area contributed by atoms with Crippen molar-refractivity contribution in [1.29, 1.82) is 0 Å². The molecule has 3 rings (SSSR count). The predicted octanol–water partition coefficient (Wildman–Crippen LogP) is 3.67. The Morgan fingerprint density at radius 2 is 1.41 bits per heavy atom. The standard InChI is InChI=1S/C16H11Cl2NO3/c17-12-6-3-7-13(18)14(12)22-9-8-19-15(20)10-4-1-2-5-11(10)16(19)21/h1-7H,8-9H2. The van der Waals surface area contributed by atoms with E-state index >= 15 is 0 Å². The van der Waals surface area contributed by atoms with Gasteiger partial charge in [0.2, 0.25) is 0 Å². The molecule has 0 aromatic heterocycles. The summed E-state index contributed by atoms with van der Waals surface area (Å²) in [5, 5.41) is 0.768. The number of imide groups is 1. The number of para-hydroxylation sites is 1. The van der Waals surface area contributed by atoms with E-state index in [1.54, 1.807) is 42.5 Å². The van der Waals surface area contributed by atoms with Gasteiger partial charge in [0.05, 0.1) is 27.7 Å². The van der Waals surface area contributed by atoms with Crippen LogP contribution in [0.5, 0.6) is 5.75 Å². The van der Waals surface area contributed by atoms with Crippen molar-refractivity contribution in [2.45, 2.75) is 0 Å². The van der Waals surface area contributed by atoms with Crippen LogP contribution < -0.4 is 4.74 Å². The third kappa shape index (κ3) is 2.56. The fourth-order valence-corrected chi connectivity index (χ4v) is 2.81. The van der Waals surface area contributed by atoms with Crippen LogP contribution in [0.3, 0.4) is 0 Å². The van der Waals surface area contributed by atoms with Gasteiger partial charge in [-0.3, -0.25) is 14.5 Å². The number of hydrogen-bond donors (Lipinski definition) is 0. The topological polar surface area (TPSA) is 46.6 Å². The van der Waals surface area contributed by atoms with Crippen LogP contribution in [0.25, 0.3) is 0 Å². The van der Waals surface area contributed by atoms with Gasteiger partial charge in [-0.25, -0.2) is 0 Å². The Labute approximate surface area is 137 Å². The molecular formula is C16H11Cl2NO3. The quantitative estimate of drug-likeness (QED) is 0.801. The Kier molecular flexibility index (Phi) is 4.05. The lowest BCUT2D eigenvalue weighted by atomic mass is 10.1. The largest absolute Gasteiger partial charge is 0.489 e.